The maximum atomic E-state index is 5.56. The van der Waals surface area contributed by atoms with E-state index < -0.39 is 0 Å². The topological polar surface area (TPSA) is 34.1 Å². The van der Waals surface area contributed by atoms with Crippen LogP contribution >= 0.6 is 0 Å². The molecule has 1 aliphatic rings. The van der Waals surface area contributed by atoms with Crippen molar-refractivity contribution < 1.29 is 4.74 Å². The van der Waals surface area contributed by atoms with Crippen LogP contribution in [0.5, 0.6) is 0 Å². The molecule has 2 heterocycles. The van der Waals surface area contributed by atoms with Crippen LogP contribution in [0.2, 0.25) is 0 Å². The molecule has 0 bridgehead atoms. The van der Waals surface area contributed by atoms with Gasteiger partial charge in [0.25, 0.3) is 0 Å². The van der Waals surface area contributed by atoms with Gasteiger partial charge in [-0.2, -0.15) is 0 Å². The van der Waals surface area contributed by atoms with Gasteiger partial charge >= 0.3 is 0 Å². The fraction of sp³-hybridized carbons (Fsp3) is 0.643. The van der Waals surface area contributed by atoms with Gasteiger partial charge in [0, 0.05) is 19.3 Å². The smallest absolute Gasteiger partial charge is 0.125 e. The molecule has 0 radical (unpaired) electrons. The minimum absolute atomic E-state index is 0.167. The molecule has 1 fully saturated rings. The van der Waals surface area contributed by atoms with E-state index in [9.17, 15) is 0 Å². The highest BCUT2D eigenvalue weighted by atomic mass is 16.5. The van der Waals surface area contributed by atoms with Crippen molar-refractivity contribution in [1.82, 2.24) is 4.98 Å². The zero-order valence-corrected chi connectivity index (χ0v) is 11.0. The van der Waals surface area contributed by atoms with Crippen molar-refractivity contribution in [2.24, 2.45) is 0 Å². The fourth-order valence-electron chi connectivity index (χ4n) is 1.97. The molecule has 0 aliphatic carbocycles. The van der Waals surface area contributed by atoms with Gasteiger partial charge in [0.05, 0.1) is 6.10 Å². The number of hydrogen-bond acceptors (Lipinski definition) is 3. The van der Waals surface area contributed by atoms with Crippen LogP contribution in [-0.2, 0) is 10.2 Å². The zero-order chi connectivity index (χ0) is 12.3. The molecule has 94 valence electrons. The van der Waals surface area contributed by atoms with Crippen molar-refractivity contribution in [1.29, 1.82) is 0 Å². The minimum atomic E-state index is 0.167. The standard InChI is InChI=1S/C14H22N2O/c1-14(2,3)11-6-7-13(15-9-11)16-10-12-5-4-8-17-12/h6-7,9,12H,4-5,8,10H2,1-3H3,(H,15,16). The Morgan fingerprint density at radius 2 is 2.24 bits per heavy atom. The van der Waals surface area contributed by atoms with Gasteiger partial charge in [-0.25, -0.2) is 4.98 Å². The Labute approximate surface area is 104 Å². The molecule has 3 heteroatoms. The summed E-state index contributed by atoms with van der Waals surface area (Å²) in [5, 5.41) is 3.33. The van der Waals surface area contributed by atoms with Gasteiger partial charge in [-0.1, -0.05) is 26.8 Å². The van der Waals surface area contributed by atoms with E-state index in [4.69, 9.17) is 4.74 Å². The summed E-state index contributed by atoms with van der Waals surface area (Å²) >= 11 is 0. The third-order valence-electron chi connectivity index (χ3n) is 3.16. The average Bonchev–Trinajstić information content (AvgIpc) is 2.78. The lowest BCUT2D eigenvalue weighted by atomic mass is 9.88. The summed E-state index contributed by atoms with van der Waals surface area (Å²) in [6.45, 7) is 8.36. The van der Waals surface area contributed by atoms with Gasteiger partial charge in [0.15, 0.2) is 0 Å². The second-order valence-corrected chi connectivity index (χ2v) is 5.70. The lowest BCUT2D eigenvalue weighted by molar-refractivity contribution is 0.120. The molecule has 0 aromatic carbocycles. The van der Waals surface area contributed by atoms with Crippen LogP contribution in [-0.4, -0.2) is 24.2 Å². The molecule has 17 heavy (non-hydrogen) atoms. The summed E-state index contributed by atoms with van der Waals surface area (Å²) in [7, 11) is 0. The normalized spacial score (nSPS) is 20.5. The maximum Gasteiger partial charge on any atom is 0.125 e. The number of ether oxygens (including phenoxy) is 1. The Morgan fingerprint density at radius 1 is 1.41 bits per heavy atom. The van der Waals surface area contributed by atoms with E-state index in [0.717, 1.165) is 25.4 Å². The summed E-state index contributed by atoms with van der Waals surface area (Å²) in [4.78, 5) is 4.44. The third-order valence-corrected chi connectivity index (χ3v) is 3.16. The van der Waals surface area contributed by atoms with Gasteiger partial charge < -0.3 is 10.1 Å². The number of aromatic nitrogens is 1. The van der Waals surface area contributed by atoms with E-state index in [0.29, 0.717) is 6.10 Å². The Morgan fingerprint density at radius 3 is 2.76 bits per heavy atom. The number of rotatable bonds is 3. The average molecular weight is 234 g/mol. The summed E-state index contributed by atoms with van der Waals surface area (Å²) in [5.41, 5.74) is 1.43. The molecule has 0 amide bonds. The molecule has 1 unspecified atom stereocenters. The van der Waals surface area contributed by atoms with Gasteiger partial charge in [-0.15, -0.1) is 0 Å². The number of anilines is 1. The van der Waals surface area contributed by atoms with Crippen LogP contribution in [0.25, 0.3) is 0 Å². The summed E-state index contributed by atoms with van der Waals surface area (Å²) < 4.78 is 5.56. The largest absolute Gasteiger partial charge is 0.376 e. The predicted molar refractivity (Wildman–Crippen MR) is 70.4 cm³/mol. The lowest BCUT2D eigenvalue weighted by Gasteiger charge is -2.19. The van der Waals surface area contributed by atoms with Crippen LogP contribution in [0.15, 0.2) is 18.3 Å². The Hall–Kier alpha value is -1.09. The summed E-state index contributed by atoms with van der Waals surface area (Å²) in [6, 6.07) is 4.19. The molecule has 1 N–H and O–H groups in total. The molecule has 2 rings (SSSR count). The Bertz CT molecular complexity index is 347. The van der Waals surface area contributed by atoms with Crippen molar-refractivity contribution in [3.05, 3.63) is 23.9 Å². The first-order valence-electron chi connectivity index (χ1n) is 6.38. The number of nitrogens with one attached hydrogen (secondary N) is 1. The fourth-order valence-corrected chi connectivity index (χ4v) is 1.97. The maximum absolute atomic E-state index is 5.56. The molecule has 1 aliphatic heterocycles. The van der Waals surface area contributed by atoms with Crippen LogP contribution < -0.4 is 5.32 Å². The first kappa shape index (κ1) is 12.4. The molecule has 1 atom stereocenters. The first-order valence-corrected chi connectivity index (χ1v) is 6.38. The molecule has 3 nitrogen and oxygen atoms in total. The Balaban J connectivity index is 1.89. The SMILES string of the molecule is CC(C)(C)c1ccc(NCC2CCCO2)nc1. The molecule has 1 aromatic heterocycles. The van der Waals surface area contributed by atoms with E-state index >= 15 is 0 Å². The van der Waals surface area contributed by atoms with Crippen LogP contribution in [0.3, 0.4) is 0 Å². The van der Waals surface area contributed by atoms with E-state index in [1.165, 1.54) is 12.0 Å². The second kappa shape index (κ2) is 5.05. The van der Waals surface area contributed by atoms with Crippen LogP contribution in [0.1, 0.15) is 39.2 Å². The van der Waals surface area contributed by atoms with E-state index in [1.807, 2.05) is 6.20 Å². The lowest BCUT2D eigenvalue weighted by Crippen LogP contribution is -2.19. The van der Waals surface area contributed by atoms with Crippen molar-refractivity contribution in [2.45, 2.75) is 45.1 Å². The highest BCUT2D eigenvalue weighted by molar-refractivity contribution is 5.37. The first-order chi connectivity index (χ1) is 8.05. The quantitative estimate of drug-likeness (QED) is 0.873. The predicted octanol–water partition coefficient (Wildman–Crippen LogP) is 2.97. The molecule has 1 saturated heterocycles. The minimum Gasteiger partial charge on any atom is -0.376 e. The molecular formula is C14H22N2O. The van der Waals surface area contributed by atoms with Gasteiger partial charge in [0.1, 0.15) is 5.82 Å². The Kier molecular flexibility index (Phi) is 3.67. The van der Waals surface area contributed by atoms with Crippen molar-refractivity contribution in [3.63, 3.8) is 0 Å². The van der Waals surface area contributed by atoms with Crippen LogP contribution in [0, 0.1) is 0 Å². The van der Waals surface area contributed by atoms with E-state index in [2.05, 4.69) is 43.2 Å². The molecule has 1 aromatic rings. The van der Waals surface area contributed by atoms with Gasteiger partial charge in [-0.05, 0) is 29.9 Å². The number of hydrogen-bond donors (Lipinski definition) is 1. The second-order valence-electron chi connectivity index (χ2n) is 5.70. The van der Waals surface area contributed by atoms with Crippen molar-refractivity contribution >= 4 is 5.82 Å². The number of pyridine rings is 1. The van der Waals surface area contributed by atoms with Crippen molar-refractivity contribution in [2.75, 3.05) is 18.5 Å². The third kappa shape index (κ3) is 3.43. The van der Waals surface area contributed by atoms with Gasteiger partial charge in [-0.3, -0.25) is 0 Å². The summed E-state index contributed by atoms with van der Waals surface area (Å²) in [5.74, 6) is 0.938. The van der Waals surface area contributed by atoms with E-state index in [1.54, 1.807) is 0 Å². The zero-order valence-electron chi connectivity index (χ0n) is 11.0. The van der Waals surface area contributed by atoms with E-state index in [-0.39, 0.29) is 5.41 Å². The highest BCUT2D eigenvalue weighted by Gasteiger charge is 2.16. The van der Waals surface area contributed by atoms with Crippen LogP contribution in [0.4, 0.5) is 5.82 Å². The van der Waals surface area contributed by atoms with Crippen molar-refractivity contribution in [3.8, 4) is 0 Å². The van der Waals surface area contributed by atoms with Gasteiger partial charge in [0.2, 0.25) is 0 Å². The summed E-state index contributed by atoms with van der Waals surface area (Å²) in [6.07, 6.45) is 4.66. The molecule has 0 spiro atoms. The number of nitrogens with zero attached hydrogens (tertiary/aromatic N) is 1. The molecule has 0 saturated carbocycles. The highest BCUT2D eigenvalue weighted by Crippen LogP contribution is 2.22. The molecular weight excluding hydrogens is 212 g/mol. The monoisotopic (exact) mass is 234 g/mol.